The van der Waals surface area contributed by atoms with Gasteiger partial charge in [0.1, 0.15) is 6.10 Å². The summed E-state index contributed by atoms with van der Waals surface area (Å²) in [5, 5.41) is 1.04. The number of carbonyl (C=O) groups is 1. The smallest absolute Gasteiger partial charge is 0.310 e. The van der Waals surface area contributed by atoms with Crippen molar-refractivity contribution in [3.63, 3.8) is 0 Å². The van der Waals surface area contributed by atoms with Crippen molar-refractivity contribution in [3.8, 4) is 0 Å². The second kappa shape index (κ2) is 6.88. The molecule has 2 aromatic rings. The third kappa shape index (κ3) is 3.45. The lowest BCUT2D eigenvalue weighted by Crippen LogP contribution is -2.36. The van der Waals surface area contributed by atoms with Crippen LogP contribution in [0.5, 0.6) is 0 Å². The van der Waals surface area contributed by atoms with E-state index in [9.17, 15) is 4.79 Å². The normalized spacial score (nSPS) is 21.7. The van der Waals surface area contributed by atoms with Gasteiger partial charge in [-0.15, -0.1) is 0 Å². The van der Waals surface area contributed by atoms with Crippen LogP contribution in [0.4, 0.5) is 0 Å². The van der Waals surface area contributed by atoms with Gasteiger partial charge in [0, 0.05) is 18.7 Å². The Labute approximate surface area is 130 Å². The van der Waals surface area contributed by atoms with Crippen LogP contribution in [0, 0.1) is 0 Å². The number of pyridine rings is 1. The number of aromatic nitrogens is 1. The number of methoxy groups -OCH3 is 1. The molecule has 4 nitrogen and oxygen atoms in total. The van der Waals surface area contributed by atoms with Crippen LogP contribution in [0.1, 0.15) is 31.2 Å². The van der Waals surface area contributed by atoms with Crippen molar-refractivity contribution in [3.05, 3.63) is 42.1 Å². The van der Waals surface area contributed by atoms with Gasteiger partial charge in [0.05, 0.1) is 18.0 Å². The van der Waals surface area contributed by atoms with Gasteiger partial charge in [-0.1, -0.05) is 24.6 Å². The average Bonchev–Trinajstić information content (AvgIpc) is 2.55. The molecule has 1 aromatic heterocycles. The molecule has 1 fully saturated rings. The van der Waals surface area contributed by atoms with E-state index >= 15 is 0 Å². The van der Waals surface area contributed by atoms with Crippen LogP contribution in [0.2, 0.25) is 0 Å². The molecule has 116 valence electrons. The van der Waals surface area contributed by atoms with Crippen LogP contribution >= 0.6 is 0 Å². The fraction of sp³-hybridized carbons (Fsp3) is 0.444. The van der Waals surface area contributed by atoms with Crippen LogP contribution < -0.4 is 0 Å². The third-order valence-corrected chi connectivity index (χ3v) is 4.22. The van der Waals surface area contributed by atoms with Gasteiger partial charge < -0.3 is 9.47 Å². The second-order valence-electron chi connectivity index (χ2n) is 5.80. The summed E-state index contributed by atoms with van der Waals surface area (Å²) in [6.45, 7) is 0. The molecule has 1 heterocycles. The average molecular weight is 299 g/mol. The summed E-state index contributed by atoms with van der Waals surface area (Å²) >= 11 is 0. The predicted molar refractivity (Wildman–Crippen MR) is 84.6 cm³/mol. The van der Waals surface area contributed by atoms with Gasteiger partial charge in [0.2, 0.25) is 0 Å². The van der Waals surface area contributed by atoms with E-state index in [2.05, 4.69) is 4.98 Å². The Kier molecular flexibility index (Phi) is 4.68. The quantitative estimate of drug-likeness (QED) is 0.813. The number of benzene rings is 1. The molecule has 0 radical (unpaired) electrons. The van der Waals surface area contributed by atoms with Crippen LogP contribution in [-0.4, -0.2) is 30.3 Å². The number of nitrogens with zero attached hydrogens (tertiary/aromatic N) is 1. The molecule has 3 rings (SSSR count). The molecular formula is C18H21NO3. The summed E-state index contributed by atoms with van der Waals surface area (Å²) in [6, 6.07) is 9.88. The molecule has 0 saturated heterocycles. The van der Waals surface area contributed by atoms with Crippen molar-refractivity contribution < 1.29 is 14.3 Å². The molecule has 0 bridgehead atoms. The largest absolute Gasteiger partial charge is 0.459 e. The number of esters is 1. The van der Waals surface area contributed by atoms with E-state index in [0.29, 0.717) is 0 Å². The van der Waals surface area contributed by atoms with Gasteiger partial charge in [-0.25, -0.2) is 0 Å². The Morgan fingerprint density at radius 1 is 1.23 bits per heavy atom. The molecule has 0 amide bonds. The lowest BCUT2D eigenvalue weighted by molar-refractivity contribution is -0.158. The first-order chi connectivity index (χ1) is 10.8. The topological polar surface area (TPSA) is 48.4 Å². The van der Waals surface area contributed by atoms with Crippen LogP contribution in [-0.2, 0) is 20.7 Å². The first-order valence-corrected chi connectivity index (χ1v) is 7.82. The second-order valence-corrected chi connectivity index (χ2v) is 5.80. The summed E-state index contributed by atoms with van der Waals surface area (Å²) in [5.74, 6) is -0.203. The van der Waals surface area contributed by atoms with E-state index < -0.39 is 0 Å². The number of rotatable bonds is 4. The predicted octanol–water partition coefficient (Wildman–Crippen LogP) is 3.28. The van der Waals surface area contributed by atoms with Gasteiger partial charge in [-0.3, -0.25) is 9.78 Å². The van der Waals surface area contributed by atoms with Crippen LogP contribution in [0.25, 0.3) is 10.9 Å². The highest BCUT2D eigenvalue weighted by molar-refractivity contribution is 5.80. The lowest BCUT2D eigenvalue weighted by atomic mass is 9.94. The standard InChI is InChI=1S/C18H21NO3/c1-21-16-8-4-5-9-17(16)22-18(20)11-13-10-14-6-2-3-7-15(14)19-12-13/h2-3,6-7,10,12,16-17H,4-5,8-9,11H2,1H3/t16-,17+/m0/s1. The van der Waals surface area contributed by atoms with Crippen molar-refractivity contribution in [1.29, 1.82) is 0 Å². The van der Waals surface area contributed by atoms with Crippen molar-refractivity contribution in [1.82, 2.24) is 4.98 Å². The molecule has 0 aliphatic heterocycles. The molecule has 0 unspecified atom stereocenters. The minimum atomic E-state index is -0.203. The van der Waals surface area contributed by atoms with Gasteiger partial charge in [-0.2, -0.15) is 0 Å². The summed E-state index contributed by atoms with van der Waals surface area (Å²) in [6.07, 6.45) is 6.01. The number of fused-ring (bicyclic) bond motifs is 1. The zero-order valence-electron chi connectivity index (χ0n) is 12.8. The molecule has 0 N–H and O–H groups in total. The zero-order chi connectivity index (χ0) is 15.4. The highest BCUT2D eigenvalue weighted by atomic mass is 16.6. The Morgan fingerprint density at radius 2 is 2.00 bits per heavy atom. The van der Waals surface area contributed by atoms with Gasteiger partial charge in [0.15, 0.2) is 0 Å². The first-order valence-electron chi connectivity index (χ1n) is 7.82. The molecule has 0 spiro atoms. The van der Waals surface area contributed by atoms with Gasteiger partial charge in [0.25, 0.3) is 0 Å². The summed E-state index contributed by atoms with van der Waals surface area (Å²) < 4.78 is 11.0. The number of ether oxygens (including phenoxy) is 2. The maximum Gasteiger partial charge on any atom is 0.310 e. The zero-order valence-corrected chi connectivity index (χ0v) is 12.8. The minimum absolute atomic E-state index is 0.0347. The Balaban J connectivity index is 1.65. The fourth-order valence-corrected chi connectivity index (χ4v) is 3.06. The van der Waals surface area contributed by atoms with E-state index in [1.165, 1.54) is 0 Å². The van der Waals surface area contributed by atoms with E-state index in [-0.39, 0.29) is 24.6 Å². The number of hydrogen-bond acceptors (Lipinski definition) is 4. The molecular weight excluding hydrogens is 278 g/mol. The molecule has 22 heavy (non-hydrogen) atoms. The first kappa shape index (κ1) is 15.0. The van der Waals surface area contributed by atoms with E-state index in [1.807, 2.05) is 30.3 Å². The van der Waals surface area contributed by atoms with Crippen LogP contribution in [0.15, 0.2) is 36.5 Å². The fourth-order valence-electron chi connectivity index (χ4n) is 3.06. The van der Waals surface area contributed by atoms with E-state index in [4.69, 9.17) is 9.47 Å². The Bertz CT molecular complexity index is 656. The third-order valence-electron chi connectivity index (χ3n) is 4.22. The minimum Gasteiger partial charge on any atom is -0.459 e. The van der Waals surface area contributed by atoms with Crippen molar-refractivity contribution in [2.24, 2.45) is 0 Å². The summed E-state index contributed by atoms with van der Waals surface area (Å²) in [5.41, 5.74) is 1.82. The van der Waals surface area contributed by atoms with Crippen LogP contribution in [0.3, 0.4) is 0 Å². The Hall–Kier alpha value is -1.94. The number of hydrogen-bond donors (Lipinski definition) is 0. The van der Waals surface area contributed by atoms with Gasteiger partial charge in [-0.05, 0) is 37.0 Å². The summed E-state index contributed by atoms with van der Waals surface area (Å²) in [7, 11) is 1.68. The monoisotopic (exact) mass is 299 g/mol. The maximum absolute atomic E-state index is 12.2. The molecule has 1 aromatic carbocycles. The highest BCUT2D eigenvalue weighted by Gasteiger charge is 2.28. The Morgan fingerprint density at radius 3 is 2.82 bits per heavy atom. The van der Waals surface area contributed by atoms with Gasteiger partial charge >= 0.3 is 5.97 Å². The maximum atomic E-state index is 12.2. The summed E-state index contributed by atoms with van der Waals surface area (Å²) in [4.78, 5) is 16.6. The molecule has 1 aliphatic carbocycles. The lowest BCUT2D eigenvalue weighted by Gasteiger charge is -2.29. The molecule has 4 heteroatoms. The molecule has 2 atom stereocenters. The number of para-hydroxylation sites is 1. The van der Waals surface area contributed by atoms with Crippen molar-refractivity contribution >= 4 is 16.9 Å². The SMILES string of the molecule is CO[C@H]1CCCC[C@H]1OC(=O)Cc1cnc2ccccc2c1. The molecule has 1 saturated carbocycles. The molecule has 1 aliphatic rings. The van der Waals surface area contributed by atoms with Crippen molar-refractivity contribution in [2.75, 3.05) is 7.11 Å². The highest BCUT2D eigenvalue weighted by Crippen LogP contribution is 2.24. The van der Waals surface area contributed by atoms with Crippen molar-refractivity contribution in [2.45, 2.75) is 44.3 Å². The number of carbonyl (C=O) groups excluding carboxylic acids is 1. The van der Waals surface area contributed by atoms with E-state index in [1.54, 1.807) is 13.3 Å². The van der Waals surface area contributed by atoms with E-state index in [0.717, 1.165) is 42.1 Å².